The maximum atomic E-state index is 13.3. The van der Waals surface area contributed by atoms with Gasteiger partial charge >= 0.3 is 0 Å². The number of rotatable bonds is 2. The molecule has 1 fully saturated rings. The number of aliphatic hydroxyl groups excluding tert-OH is 1. The summed E-state index contributed by atoms with van der Waals surface area (Å²) in [7, 11) is 0. The summed E-state index contributed by atoms with van der Waals surface area (Å²) in [5.41, 5.74) is -0.0673. The molecule has 2 atom stereocenters. The molecule has 18 heavy (non-hydrogen) atoms. The third-order valence-corrected chi connectivity index (χ3v) is 4.52. The standard InChI is InChI=1S/C13H15BrFNO2/c1-13(2)9(6-10(13)17)16-12(18)7-4-3-5-8(15)11(7)14/h3-5,9-10,17H,6H2,1-2H3,(H,16,18). The summed E-state index contributed by atoms with van der Waals surface area (Å²) in [5.74, 6) is -0.790. The molecule has 0 heterocycles. The molecule has 5 heteroatoms. The van der Waals surface area contributed by atoms with Crippen molar-refractivity contribution in [3.05, 3.63) is 34.1 Å². The smallest absolute Gasteiger partial charge is 0.252 e. The van der Waals surface area contributed by atoms with E-state index in [2.05, 4.69) is 21.2 Å². The quantitative estimate of drug-likeness (QED) is 0.881. The average Bonchev–Trinajstić information content (AvgIpc) is 2.32. The minimum atomic E-state index is -0.462. The molecule has 0 aliphatic heterocycles. The number of aliphatic hydroxyl groups is 1. The summed E-state index contributed by atoms with van der Waals surface area (Å²) >= 11 is 3.07. The highest BCUT2D eigenvalue weighted by Gasteiger charge is 2.48. The Hall–Kier alpha value is -0.940. The van der Waals surface area contributed by atoms with Gasteiger partial charge in [0.1, 0.15) is 5.82 Å². The van der Waals surface area contributed by atoms with Crippen LogP contribution in [0.15, 0.2) is 22.7 Å². The molecule has 2 N–H and O–H groups in total. The van der Waals surface area contributed by atoms with E-state index in [1.54, 1.807) is 6.07 Å². The second kappa shape index (κ2) is 4.63. The number of benzene rings is 1. The van der Waals surface area contributed by atoms with Gasteiger partial charge in [0.15, 0.2) is 0 Å². The van der Waals surface area contributed by atoms with Gasteiger partial charge in [-0.15, -0.1) is 0 Å². The van der Waals surface area contributed by atoms with Gasteiger partial charge in [-0.05, 0) is 34.5 Å². The summed E-state index contributed by atoms with van der Waals surface area (Å²) in [4.78, 5) is 12.0. The molecule has 0 spiro atoms. The second-order valence-corrected chi connectivity index (χ2v) is 5.99. The van der Waals surface area contributed by atoms with Crippen molar-refractivity contribution in [3.63, 3.8) is 0 Å². The molecular weight excluding hydrogens is 301 g/mol. The first-order chi connectivity index (χ1) is 8.34. The van der Waals surface area contributed by atoms with E-state index in [1.807, 2.05) is 13.8 Å². The Balaban J connectivity index is 2.12. The third-order valence-electron chi connectivity index (χ3n) is 3.72. The van der Waals surface area contributed by atoms with Gasteiger partial charge in [0, 0.05) is 11.5 Å². The molecular formula is C13H15BrFNO2. The van der Waals surface area contributed by atoms with Crippen molar-refractivity contribution >= 4 is 21.8 Å². The minimum absolute atomic E-state index is 0.0878. The molecule has 1 aromatic rings. The van der Waals surface area contributed by atoms with Gasteiger partial charge in [-0.2, -0.15) is 0 Å². The molecule has 1 aliphatic rings. The highest BCUT2D eigenvalue weighted by Crippen LogP contribution is 2.40. The Morgan fingerprint density at radius 3 is 2.78 bits per heavy atom. The SMILES string of the molecule is CC1(C)C(O)CC1NC(=O)c1cccc(F)c1Br. The Bertz CT molecular complexity index is 490. The normalized spacial score (nSPS) is 25.4. The summed E-state index contributed by atoms with van der Waals surface area (Å²) in [6.07, 6.45) is 0.129. The van der Waals surface area contributed by atoms with Gasteiger partial charge in [0.2, 0.25) is 0 Å². The van der Waals surface area contributed by atoms with Crippen LogP contribution in [-0.2, 0) is 0 Å². The average molecular weight is 316 g/mol. The fourth-order valence-corrected chi connectivity index (χ4v) is 2.51. The van der Waals surface area contributed by atoms with E-state index in [4.69, 9.17) is 0 Å². The molecule has 1 saturated carbocycles. The molecule has 0 bridgehead atoms. The van der Waals surface area contributed by atoms with Gasteiger partial charge in [-0.25, -0.2) is 4.39 Å². The fourth-order valence-electron chi connectivity index (χ4n) is 2.06. The number of amides is 1. The van der Waals surface area contributed by atoms with Crippen molar-refractivity contribution in [1.29, 1.82) is 0 Å². The highest BCUT2D eigenvalue weighted by atomic mass is 79.9. The van der Waals surface area contributed by atoms with Crippen molar-refractivity contribution in [2.45, 2.75) is 32.4 Å². The molecule has 0 radical (unpaired) electrons. The number of carbonyl (C=O) groups excluding carboxylic acids is 1. The van der Waals surface area contributed by atoms with Crippen molar-refractivity contribution in [2.75, 3.05) is 0 Å². The molecule has 2 rings (SSSR count). The lowest BCUT2D eigenvalue weighted by Crippen LogP contribution is -2.61. The number of hydrogen-bond donors (Lipinski definition) is 2. The predicted molar refractivity (Wildman–Crippen MR) is 69.8 cm³/mol. The lowest BCUT2D eigenvalue weighted by Gasteiger charge is -2.49. The van der Waals surface area contributed by atoms with E-state index >= 15 is 0 Å². The van der Waals surface area contributed by atoms with E-state index in [0.29, 0.717) is 6.42 Å². The minimum Gasteiger partial charge on any atom is -0.392 e. The molecule has 0 saturated heterocycles. The highest BCUT2D eigenvalue weighted by molar-refractivity contribution is 9.10. The predicted octanol–water partition coefficient (Wildman–Crippen LogP) is 2.48. The van der Waals surface area contributed by atoms with E-state index in [1.165, 1.54) is 12.1 Å². The summed E-state index contributed by atoms with van der Waals surface area (Å²) in [5, 5.41) is 12.4. The van der Waals surface area contributed by atoms with Gasteiger partial charge in [0.25, 0.3) is 5.91 Å². The van der Waals surface area contributed by atoms with Crippen LogP contribution >= 0.6 is 15.9 Å². The summed E-state index contributed by atoms with van der Waals surface area (Å²) in [6, 6.07) is 4.26. The van der Waals surface area contributed by atoms with Crippen LogP contribution in [0.2, 0.25) is 0 Å². The van der Waals surface area contributed by atoms with Crippen LogP contribution in [0.4, 0.5) is 4.39 Å². The first-order valence-electron chi connectivity index (χ1n) is 5.77. The molecule has 1 amide bonds. The lowest BCUT2D eigenvalue weighted by atomic mass is 9.64. The van der Waals surface area contributed by atoms with Gasteiger partial charge in [-0.1, -0.05) is 19.9 Å². The second-order valence-electron chi connectivity index (χ2n) is 5.20. The zero-order valence-corrected chi connectivity index (χ0v) is 11.8. The number of nitrogens with one attached hydrogen (secondary N) is 1. The summed E-state index contributed by atoms with van der Waals surface area (Å²) in [6.45, 7) is 3.79. The summed E-state index contributed by atoms with van der Waals surface area (Å²) < 4.78 is 13.5. The largest absolute Gasteiger partial charge is 0.392 e. The Kier molecular flexibility index (Phi) is 3.47. The molecule has 1 aliphatic carbocycles. The van der Waals surface area contributed by atoms with Gasteiger partial charge in [-0.3, -0.25) is 4.79 Å². The van der Waals surface area contributed by atoms with Gasteiger partial charge < -0.3 is 10.4 Å². The van der Waals surface area contributed by atoms with Crippen LogP contribution in [0, 0.1) is 11.2 Å². The van der Waals surface area contributed by atoms with Crippen LogP contribution < -0.4 is 5.32 Å². The van der Waals surface area contributed by atoms with Crippen LogP contribution in [0.25, 0.3) is 0 Å². The Morgan fingerprint density at radius 2 is 2.22 bits per heavy atom. The third kappa shape index (κ3) is 2.17. The number of halogens is 2. The Morgan fingerprint density at radius 1 is 1.56 bits per heavy atom. The monoisotopic (exact) mass is 315 g/mol. The lowest BCUT2D eigenvalue weighted by molar-refractivity contribution is -0.0689. The van der Waals surface area contributed by atoms with Crippen molar-refractivity contribution in [1.82, 2.24) is 5.32 Å². The maximum Gasteiger partial charge on any atom is 0.252 e. The molecule has 3 nitrogen and oxygen atoms in total. The Labute approximate surface area is 114 Å². The van der Waals surface area contributed by atoms with Crippen molar-refractivity contribution in [2.24, 2.45) is 5.41 Å². The number of carbonyl (C=O) groups is 1. The van der Waals surface area contributed by atoms with E-state index in [9.17, 15) is 14.3 Å². The molecule has 2 unspecified atom stereocenters. The molecule has 1 aromatic carbocycles. The zero-order chi connectivity index (χ0) is 13.5. The van der Waals surface area contributed by atoms with Crippen LogP contribution in [-0.4, -0.2) is 23.2 Å². The topological polar surface area (TPSA) is 49.3 Å². The maximum absolute atomic E-state index is 13.3. The fraction of sp³-hybridized carbons (Fsp3) is 0.462. The van der Waals surface area contributed by atoms with Crippen LogP contribution in [0.3, 0.4) is 0 Å². The number of hydrogen-bond acceptors (Lipinski definition) is 2. The van der Waals surface area contributed by atoms with E-state index in [0.717, 1.165) is 0 Å². The van der Waals surface area contributed by atoms with Crippen molar-refractivity contribution in [3.8, 4) is 0 Å². The van der Waals surface area contributed by atoms with Crippen LogP contribution in [0.5, 0.6) is 0 Å². The first-order valence-corrected chi connectivity index (χ1v) is 6.56. The van der Waals surface area contributed by atoms with Crippen molar-refractivity contribution < 1.29 is 14.3 Å². The first kappa shape index (κ1) is 13.5. The van der Waals surface area contributed by atoms with E-state index in [-0.39, 0.29) is 27.4 Å². The van der Waals surface area contributed by atoms with Gasteiger partial charge in [0.05, 0.1) is 16.1 Å². The zero-order valence-electron chi connectivity index (χ0n) is 10.2. The molecule has 0 aromatic heterocycles. The molecule has 98 valence electrons. The van der Waals surface area contributed by atoms with E-state index < -0.39 is 11.9 Å². The van der Waals surface area contributed by atoms with Crippen LogP contribution in [0.1, 0.15) is 30.6 Å².